The Hall–Kier alpha value is -3.50. The summed E-state index contributed by atoms with van der Waals surface area (Å²) >= 11 is 0. The highest BCUT2D eigenvalue weighted by Crippen LogP contribution is 2.43. The number of amides is 1. The molecule has 0 aromatic heterocycles. The van der Waals surface area contributed by atoms with Gasteiger partial charge in [-0.3, -0.25) is 9.59 Å². The van der Waals surface area contributed by atoms with Crippen LogP contribution in [0.25, 0.3) is 6.08 Å². The van der Waals surface area contributed by atoms with Crippen LogP contribution in [0.3, 0.4) is 0 Å². The number of para-hydroxylation sites is 1. The lowest BCUT2D eigenvalue weighted by Gasteiger charge is -2.23. The molecule has 1 amide bonds. The van der Waals surface area contributed by atoms with Gasteiger partial charge in [-0.2, -0.15) is 0 Å². The highest BCUT2D eigenvalue weighted by Gasteiger charge is 2.50. The number of anilines is 1. The van der Waals surface area contributed by atoms with Crippen LogP contribution in [0, 0.1) is 13.8 Å². The van der Waals surface area contributed by atoms with Gasteiger partial charge in [-0.15, -0.1) is 0 Å². The summed E-state index contributed by atoms with van der Waals surface area (Å²) < 4.78 is 0. The Morgan fingerprint density at radius 1 is 1.00 bits per heavy atom. The first-order valence-corrected chi connectivity index (χ1v) is 10.3. The molecule has 1 atom stereocenters. The molecule has 0 bridgehead atoms. The number of aliphatic hydroxyl groups is 1. The number of allylic oxidation sites excluding steroid dienone is 1. The van der Waals surface area contributed by atoms with E-state index in [2.05, 4.69) is 6.07 Å². The van der Waals surface area contributed by atoms with Crippen molar-refractivity contribution in [2.45, 2.75) is 32.4 Å². The lowest BCUT2D eigenvalue weighted by atomic mass is 9.89. The fourth-order valence-electron chi connectivity index (χ4n) is 4.04. The third kappa shape index (κ3) is 4.07. The van der Waals surface area contributed by atoms with Crippen LogP contribution in [0.5, 0.6) is 0 Å². The maximum atomic E-state index is 13.4. The average Bonchev–Trinajstić information content (AvgIpc) is 2.97. The second kappa shape index (κ2) is 8.32. The van der Waals surface area contributed by atoms with Crippen molar-refractivity contribution in [3.63, 3.8) is 0 Å². The highest BCUT2D eigenvalue weighted by molar-refractivity contribution is 6.10. The summed E-state index contributed by atoms with van der Waals surface area (Å²) in [7, 11) is 0. The van der Waals surface area contributed by atoms with E-state index in [0.29, 0.717) is 17.8 Å². The number of ketones is 1. The van der Waals surface area contributed by atoms with Crippen LogP contribution < -0.4 is 4.90 Å². The van der Waals surface area contributed by atoms with E-state index < -0.39 is 11.5 Å². The second-order valence-corrected chi connectivity index (χ2v) is 8.09. The number of hydrogen-bond acceptors (Lipinski definition) is 3. The number of aryl methyl sites for hydroxylation is 2. The van der Waals surface area contributed by atoms with Gasteiger partial charge in [0.15, 0.2) is 11.4 Å². The van der Waals surface area contributed by atoms with E-state index in [1.165, 1.54) is 6.08 Å². The lowest BCUT2D eigenvalue weighted by molar-refractivity contribution is -0.140. The summed E-state index contributed by atoms with van der Waals surface area (Å²) in [5.41, 5.74) is 3.35. The Kier molecular flexibility index (Phi) is 5.57. The van der Waals surface area contributed by atoms with Crippen LogP contribution in [0.2, 0.25) is 0 Å². The smallest absolute Gasteiger partial charge is 0.264 e. The zero-order valence-electron chi connectivity index (χ0n) is 17.7. The Balaban J connectivity index is 1.62. The third-order valence-corrected chi connectivity index (χ3v) is 5.76. The van der Waals surface area contributed by atoms with Crippen LogP contribution in [-0.2, 0) is 21.7 Å². The molecule has 0 saturated heterocycles. The van der Waals surface area contributed by atoms with E-state index in [9.17, 15) is 14.7 Å². The maximum Gasteiger partial charge on any atom is 0.264 e. The predicted molar refractivity (Wildman–Crippen MR) is 123 cm³/mol. The zero-order chi connectivity index (χ0) is 22.0. The van der Waals surface area contributed by atoms with Crippen LogP contribution >= 0.6 is 0 Å². The summed E-state index contributed by atoms with van der Waals surface area (Å²) in [6.07, 6.45) is 2.83. The van der Waals surface area contributed by atoms with Crippen molar-refractivity contribution >= 4 is 23.5 Å². The molecule has 4 nitrogen and oxygen atoms in total. The highest BCUT2D eigenvalue weighted by atomic mass is 16.3. The molecule has 31 heavy (non-hydrogen) atoms. The molecular weight excluding hydrogens is 386 g/mol. The quantitative estimate of drug-likeness (QED) is 0.598. The number of fused-ring (bicyclic) bond motifs is 1. The van der Waals surface area contributed by atoms with Gasteiger partial charge >= 0.3 is 0 Å². The van der Waals surface area contributed by atoms with E-state index in [0.717, 1.165) is 22.3 Å². The molecule has 1 N–H and O–H groups in total. The molecule has 1 heterocycles. The summed E-state index contributed by atoms with van der Waals surface area (Å²) in [6, 6.07) is 22.7. The molecule has 3 aromatic carbocycles. The molecule has 4 heteroatoms. The largest absolute Gasteiger partial charge is 0.375 e. The maximum absolute atomic E-state index is 13.4. The van der Waals surface area contributed by atoms with E-state index in [-0.39, 0.29) is 12.2 Å². The van der Waals surface area contributed by atoms with Crippen molar-refractivity contribution in [1.29, 1.82) is 0 Å². The molecule has 0 saturated carbocycles. The molecule has 0 fully saturated rings. The normalized spacial score (nSPS) is 17.9. The van der Waals surface area contributed by atoms with Crippen LogP contribution in [0.15, 0.2) is 78.9 Å². The van der Waals surface area contributed by atoms with Crippen LogP contribution in [0.1, 0.15) is 34.2 Å². The number of carbonyl (C=O) groups is 2. The Labute approximate surface area is 182 Å². The monoisotopic (exact) mass is 411 g/mol. The molecule has 0 radical (unpaired) electrons. The van der Waals surface area contributed by atoms with Crippen molar-refractivity contribution in [2.75, 3.05) is 4.90 Å². The van der Waals surface area contributed by atoms with Crippen molar-refractivity contribution in [3.8, 4) is 0 Å². The molecular formula is C27H25NO3. The predicted octanol–water partition coefficient (Wildman–Crippen LogP) is 4.71. The standard InChI is InChI=1S/C27H25NO3/c1-19-12-13-20(2)22(16-19)18-28-25-11-7-6-10-24(25)27(31,26(28)30)17-23(29)15-14-21-8-4-3-5-9-21/h3-16,31H,17-18H2,1-2H3/b15-14-/t27-/m0/s1. The Morgan fingerprint density at radius 2 is 1.71 bits per heavy atom. The zero-order valence-corrected chi connectivity index (χ0v) is 17.7. The Bertz CT molecular complexity index is 1170. The number of nitrogens with zero attached hydrogens (tertiary/aromatic N) is 1. The fraction of sp³-hybridized carbons (Fsp3) is 0.185. The first kappa shape index (κ1) is 20.8. The minimum absolute atomic E-state index is 0.296. The number of hydrogen-bond donors (Lipinski definition) is 1. The minimum Gasteiger partial charge on any atom is -0.375 e. The van der Waals surface area contributed by atoms with Crippen molar-refractivity contribution < 1.29 is 14.7 Å². The fourth-order valence-corrected chi connectivity index (χ4v) is 4.04. The van der Waals surface area contributed by atoms with Gasteiger partial charge in [0.25, 0.3) is 5.91 Å². The molecule has 0 unspecified atom stereocenters. The van der Waals surface area contributed by atoms with Crippen LogP contribution in [0.4, 0.5) is 5.69 Å². The molecule has 156 valence electrons. The summed E-state index contributed by atoms with van der Waals surface area (Å²) in [5, 5.41) is 11.4. The van der Waals surface area contributed by atoms with Gasteiger partial charge in [-0.1, -0.05) is 78.4 Å². The second-order valence-electron chi connectivity index (χ2n) is 8.09. The molecule has 1 aliphatic rings. The van der Waals surface area contributed by atoms with Gasteiger partial charge in [-0.25, -0.2) is 0 Å². The SMILES string of the molecule is Cc1ccc(C)c(CN2C(=O)[C@](O)(CC(=O)/C=C\c3ccccc3)c3ccccc32)c1. The van der Waals surface area contributed by atoms with Gasteiger partial charge in [0.2, 0.25) is 0 Å². The molecule has 3 aromatic rings. The summed E-state index contributed by atoms with van der Waals surface area (Å²) in [6.45, 7) is 4.36. The van der Waals surface area contributed by atoms with E-state index in [1.54, 1.807) is 23.1 Å². The van der Waals surface area contributed by atoms with Crippen LogP contribution in [-0.4, -0.2) is 16.8 Å². The molecule has 0 aliphatic carbocycles. The minimum atomic E-state index is -1.87. The topological polar surface area (TPSA) is 57.6 Å². The van der Waals surface area contributed by atoms with Gasteiger partial charge in [0, 0.05) is 5.56 Å². The van der Waals surface area contributed by atoms with Crippen molar-refractivity contribution in [3.05, 3.63) is 107 Å². The lowest BCUT2D eigenvalue weighted by Crippen LogP contribution is -2.41. The molecule has 1 aliphatic heterocycles. The molecule has 4 rings (SSSR count). The van der Waals surface area contributed by atoms with Gasteiger partial charge in [-0.05, 0) is 42.7 Å². The number of benzene rings is 3. The van der Waals surface area contributed by atoms with Crippen molar-refractivity contribution in [2.24, 2.45) is 0 Å². The number of rotatable bonds is 6. The summed E-state index contributed by atoms with van der Waals surface area (Å²) in [5.74, 6) is -0.765. The first-order chi connectivity index (χ1) is 14.9. The van der Waals surface area contributed by atoms with E-state index in [1.807, 2.05) is 68.4 Å². The Morgan fingerprint density at radius 3 is 2.48 bits per heavy atom. The first-order valence-electron chi connectivity index (χ1n) is 10.3. The molecule has 0 spiro atoms. The van der Waals surface area contributed by atoms with E-state index in [4.69, 9.17) is 0 Å². The average molecular weight is 412 g/mol. The van der Waals surface area contributed by atoms with E-state index >= 15 is 0 Å². The summed E-state index contributed by atoms with van der Waals surface area (Å²) in [4.78, 5) is 27.7. The van der Waals surface area contributed by atoms with Crippen molar-refractivity contribution in [1.82, 2.24) is 0 Å². The third-order valence-electron chi connectivity index (χ3n) is 5.76. The van der Waals surface area contributed by atoms with Gasteiger partial charge in [0.05, 0.1) is 18.7 Å². The number of carbonyl (C=O) groups excluding carboxylic acids is 2. The van der Waals surface area contributed by atoms with Gasteiger partial charge < -0.3 is 10.0 Å². The van der Waals surface area contributed by atoms with Gasteiger partial charge in [0.1, 0.15) is 0 Å².